The third kappa shape index (κ3) is 3.79. The predicted molar refractivity (Wildman–Crippen MR) is 119 cm³/mol. The van der Waals surface area contributed by atoms with Crippen LogP contribution in [0.5, 0.6) is 0 Å². The number of likely N-dealkylation sites (tertiary alicyclic amines) is 1. The van der Waals surface area contributed by atoms with Crippen molar-refractivity contribution in [2.45, 2.75) is 79.8 Å². The molecule has 3 heterocycles. The number of aliphatic hydroxyl groups excluding tert-OH is 1. The van der Waals surface area contributed by atoms with Gasteiger partial charge in [-0.3, -0.25) is 14.4 Å². The van der Waals surface area contributed by atoms with E-state index in [-0.39, 0.29) is 41.1 Å². The molecular weight excluding hydrogens is 472 g/mol. The number of nitrogens with zero attached hydrogens (tertiary/aromatic N) is 1. The molecular formula is C21H33BrN2O5S. The summed E-state index contributed by atoms with van der Waals surface area (Å²) >= 11 is 5.30. The summed E-state index contributed by atoms with van der Waals surface area (Å²) in [6.07, 6.45) is 4.16. The second-order valence-electron chi connectivity index (χ2n) is 8.40. The monoisotopic (exact) mass is 504 g/mol. The normalized spacial score (nSPS) is 35.4. The van der Waals surface area contributed by atoms with Crippen LogP contribution < -0.4 is 5.32 Å². The third-order valence-corrected chi connectivity index (χ3v) is 9.91. The van der Waals surface area contributed by atoms with Gasteiger partial charge in [-0.15, -0.1) is 11.8 Å². The number of carbonyl (C=O) groups is 3. The summed E-state index contributed by atoms with van der Waals surface area (Å²) in [5, 5.41) is 12.9. The zero-order valence-corrected chi connectivity index (χ0v) is 20.3. The molecule has 3 saturated heterocycles. The van der Waals surface area contributed by atoms with Gasteiger partial charge in [-0.1, -0.05) is 42.6 Å². The van der Waals surface area contributed by atoms with E-state index in [9.17, 15) is 19.5 Å². The topological polar surface area (TPSA) is 95.9 Å². The first-order valence-electron chi connectivity index (χ1n) is 11.1. The van der Waals surface area contributed by atoms with Crippen LogP contribution in [0.1, 0.15) is 52.9 Å². The lowest BCUT2D eigenvalue weighted by atomic mass is 9.71. The Kier molecular flexibility index (Phi) is 7.77. The summed E-state index contributed by atoms with van der Waals surface area (Å²) in [6.45, 7) is 6.38. The standard InChI is InChI=1S/C21H33BrN2O5S/c1-4-7-8-9-23-18(26)17-21-10-13(22)16(30-21)14(20(28)29-6-3)15(21)19(27)24(17)12(5-2)11-25/h12-17,25H,4-11H2,1-3H3,(H,23,26)/t12-,13?,14+,15-,16+,17?,21?/m0/s1. The fraction of sp³-hybridized carbons (Fsp3) is 0.857. The molecule has 1 spiro atoms. The highest BCUT2D eigenvalue weighted by molar-refractivity contribution is 9.09. The van der Waals surface area contributed by atoms with E-state index in [1.165, 1.54) is 0 Å². The molecule has 2 amide bonds. The lowest BCUT2D eigenvalue weighted by molar-refractivity contribution is -0.154. The van der Waals surface area contributed by atoms with Gasteiger partial charge in [-0.25, -0.2) is 0 Å². The molecule has 9 heteroatoms. The minimum atomic E-state index is -0.691. The Morgan fingerprint density at radius 1 is 1.37 bits per heavy atom. The predicted octanol–water partition coefficient (Wildman–Crippen LogP) is 2.09. The number of rotatable bonds is 10. The Morgan fingerprint density at radius 3 is 2.70 bits per heavy atom. The Hall–Kier alpha value is -0.800. The van der Waals surface area contributed by atoms with Crippen molar-refractivity contribution >= 4 is 45.5 Å². The Morgan fingerprint density at radius 2 is 2.10 bits per heavy atom. The number of hydrogen-bond acceptors (Lipinski definition) is 6. The molecule has 0 aromatic rings. The van der Waals surface area contributed by atoms with E-state index in [1.807, 2.05) is 6.92 Å². The lowest BCUT2D eigenvalue weighted by Gasteiger charge is -2.37. The smallest absolute Gasteiger partial charge is 0.310 e. The fourth-order valence-electron chi connectivity index (χ4n) is 5.37. The van der Waals surface area contributed by atoms with Crippen LogP contribution in [0.4, 0.5) is 0 Å². The van der Waals surface area contributed by atoms with Gasteiger partial charge < -0.3 is 20.1 Å². The van der Waals surface area contributed by atoms with Crippen LogP contribution in [-0.4, -0.2) is 74.5 Å². The van der Waals surface area contributed by atoms with E-state index >= 15 is 0 Å². The quantitative estimate of drug-likeness (QED) is 0.268. The van der Waals surface area contributed by atoms with E-state index in [1.54, 1.807) is 23.6 Å². The average Bonchev–Trinajstić information content (AvgIpc) is 3.30. The molecule has 2 N–H and O–H groups in total. The maximum Gasteiger partial charge on any atom is 0.310 e. The van der Waals surface area contributed by atoms with Gasteiger partial charge in [0, 0.05) is 16.6 Å². The molecule has 3 fully saturated rings. The Labute approximate surface area is 191 Å². The van der Waals surface area contributed by atoms with Crippen LogP contribution >= 0.6 is 27.7 Å². The first kappa shape index (κ1) is 23.9. The largest absolute Gasteiger partial charge is 0.466 e. The number of carbonyl (C=O) groups excluding carboxylic acids is 3. The summed E-state index contributed by atoms with van der Waals surface area (Å²) in [5.41, 5.74) is 0. The lowest BCUT2D eigenvalue weighted by Crippen LogP contribution is -2.57. The molecule has 170 valence electrons. The van der Waals surface area contributed by atoms with E-state index in [2.05, 4.69) is 28.2 Å². The number of thioether (sulfide) groups is 1. The number of alkyl halides is 1. The van der Waals surface area contributed by atoms with E-state index in [0.717, 1.165) is 19.3 Å². The van der Waals surface area contributed by atoms with E-state index in [0.29, 0.717) is 19.4 Å². The molecule has 2 bridgehead atoms. The summed E-state index contributed by atoms with van der Waals surface area (Å²) in [5.74, 6) is -1.90. The van der Waals surface area contributed by atoms with Gasteiger partial charge in [0.25, 0.3) is 0 Å². The van der Waals surface area contributed by atoms with Crippen molar-refractivity contribution < 1.29 is 24.2 Å². The third-order valence-electron chi connectivity index (χ3n) is 6.69. The molecule has 3 aliphatic rings. The highest BCUT2D eigenvalue weighted by atomic mass is 79.9. The maximum atomic E-state index is 13.6. The molecule has 3 unspecified atom stereocenters. The molecule has 0 aliphatic carbocycles. The average molecular weight is 505 g/mol. The Bertz CT molecular complexity index is 676. The molecule has 7 nitrogen and oxygen atoms in total. The fourth-order valence-corrected chi connectivity index (χ4v) is 8.95. The van der Waals surface area contributed by atoms with Crippen molar-refractivity contribution in [2.24, 2.45) is 11.8 Å². The number of nitrogens with one attached hydrogen (secondary N) is 1. The van der Waals surface area contributed by atoms with E-state index in [4.69, 9.17) is 4.74 Å². The number of fused-ring (bicyclic) bond motifs is 1. The second-order valence-corrected chi connectivity index (χ2v) is 11.1. The van der Waals surface area contributed by atoms with Gasteiger partial charge in [-0.2, -0.15) is 0 Å². The molecule has 30 heavy (non-hydrogen) atoms. The summed E-state index contributed by atoms with van der Waals surface area (Å²) < 4.78 is 4.65. The second kappa shape index (κ2) is 9.77. The number of aliphatic hydroxyl groups is 1. The van der Waals surface area contributed by atoms with Crippen LogP contribution in [0.15, 0.2) is 0 Å². The number of esters is 1. The molecule has 0 aromatic carbocycles. The molecule has 7 atom stereocenters. The van der Waals surface area contributed by atoms with Crippen molar-refractivity contribution in [3.63, 3.8) is 0 Å². The number of amides is 2. The zero-order valence-electron chi connectivity index (χ0n) is 17.9. The van der Waals surface area contributed by atoms with Gasteiger partial charge in [0.1, 0.15) is 6.04 Å². The van der Waals surface area contributed by atoms with Crippen LogP contribution in [0, 0.1) is 11.8 Å². The first-order valence-corrected chi connectivity index (χ1v) is 12.9. The molecule has 0 radical (unpaired) electrons. The molecule has 3 aliphatic heterocycles. The molecule has 0 saturated carbocycles. The SMILES string of the molecule is CCCCCNC(=O)C1N([C@@H](CC)CO)C(=O)[C@@H]2[C@@H](C(=O)OCC)[C@@H]3SC12CC3Br. The van der Waals surface area contributed by atoms with Gasteiger partial charge >= 0.3 is 5.97 Å². The van der Waals surface area contributed by atoms with Crippen molar-refractivity contribution in [1.29, 1.82) is 0 Å². The van der Waals surface area contributed by atoms with Gasteiger partial charge in [-0.05, 0) is 26.2 Å². The summed E-state index contributed by atoms with van der Waals surface area (Å²) in [4.78, 5) is 41.5. The number of hydrogen-bond donors (Lipinski definition) is 2. The first-order chi connectivity index (χ1) is 14.4. The minimum absolute atomic E-state index is 0.0329. The van der Waals surface area contributed by atoms with Gasteiger partial charge in [0.15, 0.2) is 0 Å². The minimum Gasteiger partial charge on any atom is -0.466 e. The van der Waals surface area contributed by atoms with Crippen molar-refractivity contribution in [1.82, 2.24) is 10.2 Å². The number of unbranched alkanes of at least 4 members (excludes halogenated alkanes) is 2. The van der Waals surface area contributed by atoms with Crippen LogP contribution in [0.2, 0.25) is 0 Å². The summed E-state index contributed by atoms with van der Waals surface area (Å²) in [7, 11) is 0. The van der Waals surface area contributed by atoms with Gasteiger partial charge in [0.05, 0.1) is 35.8 Å². The maximum absolute atomic E-state index is 13.6. The number of halogens is 1. The highest BCUT2D eigenvalue weighted by Crippen LogP contribution is 2.68. The molecule has 0 aromatic heterocycles. The van der Waals surface area contributed by atoms with Gasteiger partial charge in [0.2, 0.25) is 11.8 Å². The van der Waals surface area contributed by atoms with Crippen LogP contribution in [-0.2, 0) is 19.1 Å². The summed E-state index contributed by atoms with van der Waals surface area (Å²) in [6, 6.07) is -1.14. The van der Waals surface area contributed by atoms with Crippen LogP contribution in [0.3, 0.4) is 0 Å². The van der Waals surface area contributed by atoms with E-state index < -0.39 is 28.7 Å². The molecule has 3 rings (SSSR count). The van der Waals surface area contributed by atoms with Crippen molar-refractivity contribution in [3.8, 4) is 0 Å². The van der Waals surface area contributed by atoms with Crippen LogP contribution in [0.25, 0.3) is 0 Å². The highest BCUT2D eigenvalue weighted by Gasteiger charge is 2.76. The van der Waals surface area contributed by atoms with Crippen molar-refractivity contribution in [3.05, 3.63) is 0 Å². The van der Waals surface area contributed by atoms with Crippen molar-refractivity contribution in [2.75, 3.05) is 19.8 Å². The number of ether oxygens (including phenoxy) is 1. The Balaban J connectivity index is 1.97. The zero-order chi connectivity index (χ0) is 22.1.